The highest BCUT2D eigenvalue weighted by Gasteiger charge is 2.33. The minimum Gasteiger partial charge on any atom is -0.345 e. The minimum absolute atomic E-state index is 0.106. The van der Waals surface area contributed by atoms with E-state index < -0.39 is 0 Å². The molecule has 2 aromatic heterocycles. The van der Waals surface area contributed by atoms with E-state index in [0.29, 0.717) is 19.5 Å². The van der Waals surface area contributed by atoms with Gasteiger partial charge in [0, 0.05) is 36.3 Å². The third-order valence-corrected chi connectivity index (χ3v) is 4.88. The summed E-state index contributed by atoms with van der Waals surface area (Å²) in [7, 11) is 0. The SMILES string of the molecule is CCc1[nH]c(C2CC(=O)N(Cc3ccccn3)C2)nc1-c1ccccc1. The van der Waals surface area contributed by atoms with Crippen LogP contribution in [0.1, 0.15) is 36.5 Å². The lowest BCUT2D eigenvalue weighted by molar-refractivity contribution is -0.128. The average molecular weight is 346 g/mol. The molecule has 1 N–H and O–H groups in total. The molecule has 0 bridgehead atoms. The number of carbonyl (C=O) groups excluding carboxylic acids is 1. The number of hydrogen-bond acceptors (Lipinski definition) is 3. The van der Waals surface area contributed by atoms with Gasteiger partial charge in [-0.1, -0.05) is 43.3 Å². The molecule has 3 aromatic rings. The zero-order chi connectivity index (χ0) is 17.9. The largest absolute Gasteiger partial charge is 0.345 e. The molecule has 1 aliphatic rings. The normalized spacial score (nSPS) is 17.0. The van der Waals surface area contributed by atoms with Crippen LogP contribution in [-0.4, -0.2) is 32.3 Å². The second kappa shape index (κ2) is 7.12. The highest BCUT2D eigenvalue weighted by molar-refractivity contribution is 5.79. The van der Waals surface area contributed by atoms with Crippen LogP contribution in [0.25, 0.3) is 11.3 Å². The van der Waals surface area contributed by atoms with E-state index in [1.165, 1.54) is 0 Å². The van der Waals surface area contributed by atoms with Crippen molar-refractivity contribution in [3.05, 3.63) is 71.9 Å². The lowest BCUT2D eigenvalue weighted by atomic mass is 10.1. The fraction of sp³-hybridized carbons (Fsp3) is 0.286. The fourth-order valence-electron chi connectivity index (χ4n) is 3.51. The number of aromatic nitrogens is 3. The number of benzene rings is 1. The fourth-order valence-corrected chi connectivity index (χ4v) is 3.51. The van der Waals surface area contributed by atoms with Crippen molar-refractivity contribution in [3.63, 3.8) is 0 Å². The van der Waals surface area contributed by atoms with Gasteiger partial charge in [-0.2, -0.15) is 0 Å². The van der Waals surface area contributed by atoms with Gasteiger partial charge in [0.1, 0.15) is 5.82 Å². The first-order chi connectivity index (χ1) is 12.7. The van der Waals surface area contributed by atoms with Crippen LogP contribution in [0.2, 0.25) is 0 Å². The van der Waals surface area contributed by atoms with Crippen molar-refractivity contribution in [3.8, 4) is 11.3 Å². The molecule has 1 fully saturated rings. The molecular formula is C21H22N4O. The van der Waals surface area contributed by atoms with Gasteiger partial charge < -0.3 is 9.88 Å². The number of hydrogen-bond donors (Lipinski definition) is 1. The van der Waals surface area contributed by atoms with Crippen LogP contribution in [0.15, 0.2) is 54.7 Å². The highest BCUT2D eigenvalue weighted by Crippen LogP contribution is 2.31. The summed E-state index contributed by atoms with van der Waals surface area (Å²) >= 11 is 0. The molecule has 1 unspecified atom stereocenters. The number of amides is 1. The Morgan fingerprint density at radius 2 is 1.96 bits per heavy atom. The van der Waals surface area contributed by atoms with Gasteiger partial charge in [-0.3, -0.25) is 9.78 Å². The number of aromatic amines is 1. The zero-order valence-electron chi connectivity index (χ0n) is 14.9. The molecule has 1 saturated heterocycles. The number of pyridine rings is 1. The summed E-state index contributed by atoms with van der Waals surface area (Å²) in [4.78, 5) is 27.0. The van der Waals surface area contributed by atoms with Gasteiger partial charge in [0.05, 0.1) is 17.9 Å². The smallest absolute Gasteiger partial charge is 0.223 e. The second-order valence-corrected chi connectivity index (χ2v) is 6.67. The number of imidazole rings is 1. The van der Waals surface area contributed by atoms with Crippen molar-refractivity contribution >= 4 is 5.91 Å². The Kier molecular flexibility index (Phi) is 4.52. The van der Waals surface area contributed by atoms with E-state index in [-0.39, 0.29) is 11.8 Å². The number of aryl methyl sites for hydroxylation is 1. The van der Waals surface area contributed by atoms with E-state index in [2.05, 4.69) is 29.0 Å². The van der Waals surface area contributed by atoms with Crippen molar-refractivity contribution in [1.82, 2.24) is 19.9 Å². The zero-order valence-corrected chi connectivity index (χ0v) is 14.9. The summed E-state index contributed by atoms with van der Waals surface area (Å²) in [6.07, 6.45) is 3.15. The van der Waals surface area contributed by atoms with Crippen LogP contribution in [0, 0.1) is 0 Å². The van der Waals surface area contributed by atoms with Crippen molar-refractivity contribution in [2.45, 2.75) is 32.2 Å². The standard InChI is InChI=1S/C21H22N4O/c1-2-18-20(15-8-4-3-5-9-15)24-21(23-18)16-12-19(26)25(13-16)14-17-10-6-7-11-22-17/h3-11,16H,2,12-14H2,1H3,(H,23,24). The Balaban J connectivity index is 1.55. The van der Waals surface area contributed by atoms with E-state index >= 15 is 0 Å². The molecule has 1 amide bonds. The van der Waals surface area contributed by atoms with Crippen molar-refractivity contribution in [1.29, 1.82) is 0 Å². The molecule has 1 aliphatic heterocycles. The van der Waals surface area contributed by atoms with E-state index in [4.69, 9.17) is 4.98 Å². The molecule has 3 heterocycles. The predicted molar refractivity (Wildman–Crippen MR) is 100 cm³/mol. The first kappa shape index (κ1) is 16.5. The van der Waals surface area contributed by atoms with Gasteiger partial charge in [0.25, 0.3) is 0 Å². The number of H-pyrrole nitrogens is 1. The monoisotopic (exact) mass is 346 g/mol. The summed E-state index contributed by atoms with van der Waals surface area (Å²) in [5.41, 5.74) is 4.15. The van der Waals surface area contributed by atoms with E-state index in [0.717, 1.165) is 34.9 Å². The molecule has 4 rings (SSSR count). The Bertz CT molecular complexity index is 889. The van der Waals surface area contributed by atoms with Crippen LogP contribution in [0.5, 0.6) is 0 Å². The van der Waals surface area contributed by atoms with Gasteiger partial charge in [-0.15, -0.1) is 0 Å². The molecule has 0 radical (unpaired) electrons. The molecule has 0 spiro atoms. The van der Waals surface area contributed by atoms with Crippen LogP contribution < -0.4 is 0 Å². The predicted octanol–water partition coefficient (Wildman–Crippen LogP) is 3.55. The molecule has 5 heteroatoms. The van der Waals surface area contributed by atoms with E-state index in [1.807, 2.05) is 41.3 Å². The first-order valence-corrected chi connectivity index (χ1v) is 9.06. The summed E-state index contributed by atoms with van der Waals surface area (Å²) in [5.74, 6) is 1.18. The number of nitrogens with one attached hydrogen (secondary N) is 1. The molecule has 5 nitrogen and oxygen atoms in total. The van der Waals surface area contributed by atoms with Gasteiger partial charge in [0.15, 0.2) is 0 Å². The summed E-state index contributed by atoms with van der Waals surface area (Å²) in [6.45, 7) is 3.36. The first-order valence-electron chi connectivity index (χ1n) is 9.06. The van der Waals surface area contributed by atoms with Crippen molar-refractivity contribution in [2.24, 2.45) is 0 Å². The average Bonchev–Trinajstić information content (AvgIpc) is 3.27. The summed E-state index contributed by atoms with van der Waals surface area (Å²) < 4.78 is 0. The van der Waals surface area contributed by atoms with Crippen molar-refractivity contribution in [2.75, 3.05) is 6.54 Å². The van der Waals surface area contributed by atoms with Gasteiger partial charge >= 0.3 is 0 Å². The summed E-state index contributed by atoms with van der Waals surface area (Å²) in [5, 5.41) is 0. The van der Waals surface area contributed by atoms with Crippen LogP contribution in [0.4, 0.5) is 0 Å². The van der Waals surface area contributed by atoms with Crippen LogP contribution >= 0.6 is 0 Å². The van der Waals surface area contributed by atoms with Crippen LogP contribution in [-0.2, 0) is 17.8 Å². The molecule has 26 heavy (non-hydrogen) atoms. The van der Waals surface area contributed by atoms with Crippen molar-refractivity contribution < 1.29 is 4.79 Å². The number of rotatable bonds is 5. The van der Waals surface area contributed by atoms with Gasteiger partial charge in [-0.05, 0) is 18.6 Å². The Labute approximate surface area is 153 Å². The lowest BCUT2D eigenvalue weighted by Gasteiger charge is -2.15. The van der Waals surface area contributed by atoms with E-state index in [1.54, 1.807) is 6.20 Å². The second-order valence-electron chi connectivity index (χ2n) is 6.67. The minimum atomic E-state index is 0.106. The number of likely N-dealkylation sites (tertiary alicyclic amines) is 1. The molecule has 1 aromatic carbocycles. The highest BCUT2D eigenvalue weighted by atomic mass is 16.2. The maximum atomic E-state index is 12.5. The topological polar surface area (TPSA) is 61.9 Å². The maximum Gasteiger partial charge on any atom is 0.223 e. The Morgan fingerprint density at radius 3 is 2.69 bits per heavy atom. The van der Waals surface area contributed by atoms with Gasteiger partial charge in [0.2, 0.25) is 5.91 Å². The van der Waals surface area contributed by atoms with Gasteiger partial charge in [-0.25, -0.2) is 4.98 Å². The van der Waals surface area contributed by atoms with E-state index in [9.17, 15) is 4.79 Å². The number of nitrogens with zero attached hydrogens (tertiary/aromatic N) is 3. The van der Waals surface area contributed by atoms with Crippen LogP contribution in [0.3, 0.4) is 0 Å². The maximum absolute atomic E-state index is 12.5. The molecule has 1 atom stereocenters. The Hall–Kier alpha value is -2.95. The third-order valence-electron chi connectivity index (χ3n) is 4.88. The molecule has 0 aliphatic carbocycles. The summed E-state index contributed by atoms with van der Waals surface area (Å²) in [6, 6.07) is 16.0. The quantitative estimate of drug-likeness (QED) is 0.768. The Morgan fingerprint density at radius 1 is 1.15 bits per heavy atom. The number of carbonyl (C=O) groups is 1. The molecular weight excluding hydrogens is 324 g/mol. The third kappa shape index (κ3) is 3.25. The molecule has 132 valence electrons. The molecule has 0 saturated carbocycles. The lowest BCUT2D eigenvalue weighted by Crippen LogP contribution is -2.24.